The Kier molecular flexibility index (Phi) is 5.39. The lowest BCUT2D eigenvalue weighted by atomic mass is 10.2. The smallest absolute Gasteiger partial charge is 0.246 e. The molecule has 0 spiro atoms. The number of hydrogen-bond acceptors (Lipinski definition) is 3. The molecule has 2 heterocycles. The maximum absolute atomic E-state index is 12.3. The van der Waals surface area contributed by atoms with E-state index < -0.39 is 0 Å². The van der Waals surface area contributed by atoms with Crippen LogP contribution in [-0.4, -0.2) is 25.5 Å². The number of rotatable bonds is 5. The number of nitrogens with one attached hydrogen (secondary N) is 1. The van der Waals surface area contributed by atoms with Gasteiger partial charge in [-0.1, -0.05) is 12.1 Å². The van der Waals surface area contributed by atoms with Gasteiger partial charge in [0.1, 0.15) is 6.54 Å². The van der Waals surface area contributed by atoms with Crippen LogP contribution < -0.4 is 5.32 Å². The molecule has 0 aliphatic carbocycles. The molecule has 1 amide bonds. The van der Waals surface area contributed by atoms with E-state index in [0.29, 0.717) is 6.54 Å². The highest BCUT2D eigenvalue weighted by atomic mass is 79.9. The first-order valence-electron chi connectivity index (χ1n) is 7.68. The minimum Gasteiger partial charge on any atom is -0.324 e. The van der Waals surface area contributed by atoms with Crippen molar-refractivity contribution in [2.24, 2.45) is 0 Å². The molecule has 0 radical (unpaired) electrons. The molecule has 0 aliphatic rings. The first-order valence-corrected chi connectivity index (χ1v) is 9.27. The fraction of sp³-hybridized carbons (Fsp3) is 0.235. The van der Waals surface area contributed by atoms with E-state index in [9.17, 15) is 4.79 Å². The minimum absolute atomic E-state index is 0.114. The molecule has 0 unspecified atom stereocenters. The molecule has 1 aromatic carbocycles. The average molecular weight is 467 g/mol. The number of amides is 1. The summed E-state index contributed by atoms with van der Waals surface area (Å²) in [7, 11) is 0. The Bertz CT molecular complexity index is 916. The van der Waals surface area contributed by atoms with Crippen molar-refractivity contribution in [2.75, 3.05) is 5.32 Å². The summed E-state index contributed by atoms with van der Waals surface area (Å²) in [5.74, 6) is -0.114. The first kappa shape index (κ1) is 17.9. The second-order valence-electron chi connectivity index (χ2n) is 5.75. The maximum Gasteiger partial charge on any atom is 0.246 e. The van der Waals surface area contributed by atoms with Gasteiger partial charge in [0, 0.05) is 11.9 Å². The highest BCUT2D eigenvalue weighted by molar-refractivity contribution is 9.10. The Morgan fingerprint density at radius 1 is 1.28 bits per heavy atom. The lowest BCUT2D eigenvalue weighted by Crippen LogP contribution is -2.20. The van der Waals surface area contributed by atoms with E-state index in [1.54, 1.807) is 10.9 Å². The topological polar surface area (TPSA) is 64.7 Å². The Labute approximate surface area is 162 Å². The molecule has 0 atom stereocenters. The molecule has 3 aromatic rings. The average Bonchev–Trinajstić information content (AvgIpc) is 3.06. The van der Waals surface area contributed by atoms with Crippen LogP contribution >= 0.6 is 31.9 Å². The van der Waals surface area contributed by atoms with Crippen molar-refractivity contribution in [1.29, 1.82) is 0 Å². The summed E-state index contributed by atoms with van der Waals surface area (Å²) in [4.78, 5) is 12.3. The van der Waals surface area contributed by atoms with Crippen LogP contribution in [0.4, 0.5) is 5.69 Å². The molecule has 0 saturated heterocycles. The summed E-state index contributed by atoms with van der Waals surface area (Å²) in [6.45, 7) is 4.65. The number of halogens is 2. The molecule has 0 fully saturated rings. The van der Waals surface area contributed by atoms with Crippen molar-refractivity contribution in [3.05, 3.63) is 62.6 Å². The van der Waals surface area contributed by atoms with E-state index in [1.165, 1.54) is 0 Å². The van der Waals surface area contributed by atoms with Crippen LogP contribution in [0, 0.1) is 13.8 Å². The predicted octanol–water partition coefficient (Wildman–Crippen LogP) is 3.91. The lowest BCUT2D eigenvalue weighted by molar-refractivity contribution is -0.116. The Morgan fingerprint density at radius 2 is 2.08 bits per heavy atom. The van der Waals surface area contributed by atoms with Gasteiger partial charge in [0.25, 0.3) is 0 Å². The van der Waals surface area contributed by atoms with Crippen molar-refractivity contribution in [3.63, 3.8) is 0 Å². The monoisotopic (exact) mass is 465 g/mol. The molecular weight excluding hydrogens is 450 g/mol. The van der Waals surface area contributed by atoms with Gasteiger partial charge in [0.05, 0.1) is 33.1 Å². The molecule has 0 aliphatic heterocycles. The molecule has 25 heavy (non-hydrogen) atoms. The normalized spacial score (nSPS) is 10.9. The molecular formula is C17H17Br2N5O. The van der Waals surface area contributed by atoms with Gasteiger partial charge in [0.2, 0.25) is 5.91 Å². The zero-order valence-corrected chi connectivity index (χ0v) is 17.0. The van der Waals surface area contributed by atoms with Crippen molar-refractivity contribution >= 4 is 43.5 Å². The number of carbonyl (C=O) groups excluding carboxylic acids is 1. The van der Waals surface area contributed by atoms with E-state index >= 15 is 0 Å². The van der Waals surface area contributed by atoms with E-state index in [4.69, 9.17) is 0 Å². The summed E-state index contributed by atoms with van der Waals surface area (Å²) in [6, 6.07) is 7.74. The summed E-state index contributed by atoms with van der Waals surface area (Å²) >= 11 is 6.86. The third-order valence-electron chi connectivity index (χ3n) is 3.74. The molecule has 6 nitrogen and oxygen atoms in total. The Morgan fingerprint density at radius 3 is 2.72 bits per heavy atom. The SMILES string of the molecule is Cc1nn(CC(=O)Nc2cccc(Cn3cc(Br)cn3)c2)c(C)c1Br. The highest BCUT2D eigenvalue weighted by Crippen LogP contribution is 2.20. The number of carbonyl (C=O) groups is 1. The quantitative estimate of drug-likeness (QED) is 0.619. The summed E-state index contributed by atoms with van der Waals surface area (Å²) in [5, 5.41) is 11.5. The van der Waals surface area contributed by atoms with Crippen molar-refractivity contribution in [2.45, 2.75) is 26.9 Å². The van der Waals surface area contributed by atoms with Gasteiger partial charge in [-0.05, 0) is 63.4 Å². The molecule has 2 aromatic heterocycles. The highest BCUT2D eigenvalue weighted by Gasteiger charge is 2.12. The van der Waals surface area contributed by atoms with Gasteiger partial charge >= 0.3 is 0 Å². The van der Waals surface area contributed by atoms with Crippen LogP contribution in [0.15, 0.2) is 45.6 Å². The summed E-state index contributed by atoms with van der Waals surface area (Å²) < 4.78 is 5.40. The number of benzene rings is 1. The van der Waals surface area contributed by atoms with E-state index in [-0.39, 0.29) is 12.5 Å². The van der Waals surface area contributed by atoms with E-state index in [0.717, 1.165) is 31.6 Å². The van der Waals surface area contributed by atoms with Gasteiger partial charge < -0.3 is 5.32 Å². The molecule has 8 heteroatoms. The summed E-state index contributed by atoms with van der Waals surface area (Å²) in [5.41, 5.74) is 3.62. The third-order valence-corrected chi connectivity index (χ3v) is 5.30. The number of anilines is 1. The predicted molar refractivity (Wildman–Crippen MR) is 104 cm³/mol. The van der Waals surface area contributed by atoms with Crippen LogP contribution in [0.1, 0.15) is 17.0 Å². The standard InChI is InChI=1S/C17H17Br2N5O/c1-11-17(19)12(2)24(22-11)10-16(25)21-15-5-3-4-13(6-15)8-23-9-14(18)7-20-23/h3-7,9H,8,10H2,1-2H3,(H,21,25). The Hall–Kier alpha value is -1.93. The van der Waals surface area contributed by atoms with Gasteiger partial charge in [0.15, 0.2) is 0 Å². The van der Waals surface area contributed by atoms with Crippen LogP contribution in [0.3, 0.4) is 0 Å². The molecule has 3 rings (SSSR count). The molecule has 0 saturated carbocycles. The minimum atomic E-state index is -0.114. The largest absolute Gasteiger partial charge is 0.324 e. The summed E-state index contributed by atoms with van der Waals surface area (Å²) in [6.07, 6.45) is 3.66. The van der Waals surface area contributed by atoms with Gasteiger partial charge in [-0.2, -0.15) is 10.2 Å². The molecule has 1 N–H and O–H groups in total. The van der Waals surface area contributed by atoms with Gasteiger partial charge in [-0.15, -0.1) is 0 Å². The number of aromatic nitrogens is 4. The van der Waals surface area contributed by atoms with Crippen molar-refractivity contribution < 1.29 is 4.79 Å². The third kappa shape index (κ3) is 4.38. The maximum atomic E-state index is 12.3. The second-order valence-corrected chi connectivity index (χ2v) is 7.46. The van der Waals surface area contributed by atoms with E-state index in [2.05, 4.69) is 47.4 Å². The zero-order chi connectivity index (χ0) is 18.0. The van der Waals surface area contributed by atoms with Crippen molar-refractivity contribution in [1.82, 2.24) is 19.6 Å². The molecule has 0 bridgehead atoms. The molecule has 130 valence electrons. The number of aryl methyl sites for hydroxylation is 1. The number of hydrogen-bond donors (Lipinski definition) is 1. The van der Waals surface area contributed by atoms with Gasteiger partial charge in [-0.3, -0.25) is 14.2 Å². The fourth-order valence-corrected chi connectivity index (χ4v) is 3.14. The van der Waals surface area contributed by atoms with E-state index in [1.807, 2.05) is 49.0 Å². The van der Waals surface area contributed by atoms with Crippen LogP contribution in [0.5, 0.6) is 0 Å². The second kappa shape index (κ2) is 7.53. The van der Waals surface area contributed by atoms with Gasteiger partial charge in [-0.25, -0.2) is 0 Å². The van der Waals surface area contributed by atoms with Crippen LogP contribution in [-0.2, 0) is 17.9 Å². The van der Waals surface area contributed by atoms with Crippen molar-refractivity contribution in [3.8, 4) is 0 Å². The number of nitrogens with zero attached hydrogens (tertiary/aromatic N) is 4. The Balaban J connectivity index is 1.67. The van der Waals surface area contributed by atoms with Crippen LogP contribution in [0.2, 0.25) is 0 Å². The van der Waals surface area contributed by atoms with Crippen LogP contribution in [0.25, 0.3) is 0 Å². The lowest BCUT2D eigenvalue weighted by Gasteiger charge is -2.09. The fourth-order valence-electron chi connectivity index (χ4n) is 2.52. The zero-order valence-electron chi connectivity index (χ0n) is 13.8. The first-order chi connectivity index (χ1) is 11.9.